The fourth-order valence-corrected chi connectivity index (χ4v) is 2.86. The molecular formula is C19H40N2O. The zero-order chi connectivity index (χ0) is 16.6. The summed E-state index contributed by atoms with van der Waals surface area (Å²) in [7, 11) is 0. The summed E-state index contributed by atoms with van der Waals surface area (Å²) >= 11 is 0. The molecule has 0 unspecified atom stereocenters. The smallest absolute Gasteiger partial charge is 0.223 e. The van der Waals surface area contributed by atoms with Crippen molar-refractivity contribution in [1.29, 1.82) is 0 Å². The van der Waals surface area contributed by atoms with Gasteiger partial charge in [0.1, 0.15) is 0 Å². The lowest BCUT2D eigenvalue weighted by molar-refractivity contribution is -0.125. The minimum absolute atomic E-state index is 0.228. The van der Waals surface area contributed by atoms with E-state index >= 15 is 0 Å². The summed E-state index contributed by atoms with van der Waals surface area (Å²) in [6.45, 7) is 13.2. The van der Waals surface area contributed by atoms with Gasteiger partial charge in [-0.3, -0.25) is 4.79 Å². The SMILES string of the molecule is CCCCN(CCCC)CCCNC(=O)C(CCC)CCC. The average Bonchev–Trinajstić information content (AvgIpc) is 2.52. The highest BCUT2D eigenvalue weighted by atomic mass is 16.1. The van der Waals surface area contributed by atoms with Gasteiger partial charge in [-0.2, -0.15) is 0 Å². The van der Waals surface area contributed by atoms with Crippen LogP contribution in [0, 0.1) is 5.92 Å². The van der Waals surface area contributed by atoms with E-state index in [0.717, 1.165) is 45.2 Å². The van der Waals surface area contributed by atoms with Crippen molar-refractivity contribution in [3.8, 4) is 0 Å². The Kier molecular flexibility index (Phi) is 14.9. The van der Waals surface area contributed by atoms with E-state index in [1.54, 1.807) is 0 Å². The van der Waals surface area contributed by atoms with Crippen molar-refractivity contribution < 1.29 is 4.79 Å². The largest absolute Gasteiger partial charge is 0.356 e. The van der Waals surface area contributed by atoms with Crippen LogP contribution in [0.4, 0.5) is 0 Å². The summed E-state index contributed by atoms with van der Waals surface area (Å²) < 4.78 is 0. The van der Waals surface area contributed by atoms with Gasteiger partial charge in [0.25, 0.3) is 0 Å². The number of carbonyl (C=O) groups is 1. The third-order valence-electron chi connectivity index (χ3n) is 4.25. The normalized spacial score (nSPS) is 11.4. The molecule has 0 aliphatic rings. The van der Waals surface area contributed by atoms with Crippen molar-refractivity contribution in [3.63, 3.8) is 0 Å². The summed E-state index contributed by atoms with van der Waals surface area (Å²) in [5, 5.41) is 3.15. The molecule has 1 amide bonds. The van der Waals surface area contributed by atoms with Crippen molar-refractivity contribution in [2.45, 2.75) is 85.5 Å². The lowest BCUT2D eigenvalue weighted by Gasteiger charge is -2.22. The highest BCUT2D eigenvalue weighted by Gasteiger charge is 2.15. The lowest BCUT2D eigenvalue weighted by Crippen LogP contribution is -2.34. The molecule has 22 heavy (non-hydrogen) atoms. The second-order valence-electron chi connectivity index (χ2n) is 6.47. The molecule has 0 rings (SSSR count). The van der Waals surface area contributed by atoms with Crippen LogP contribution in [0.2, 0.25) is 0 Å². The van der Waals surface area contributed by atoms with Crippen LogP contribution in [0.15, 0.2) is 0 Å². The molecule has 0 aromatic heterocycles. The molecule has 0 aliphatic heterocycles. The van der Waals surface area contributed by atoms with Crippen LogP contribution in [-0.2, 0) is 4.79 Å². The first-order valence-electron chi connectivity index (χ1n) is 9.69. The average molecular weight is 313 g/mol. The molecule has 3 heteroatoms. The maximum absolute atomic E-state index is 12.2. The number of unbranched alkanes of at least 4 members (excludes halogenated alkanes) is 2. The van der Waals surface area contributed by atoms with Gasteiger partial charge in [-0.25, -0.2) is 0 Å². The molecule has 3 nitrogen and oxygen atoms in total. The number of hydrogen-bond donors (Lipinski definition) is 1. The predicted molar refractivity (Wildman–Crippen MR) is 97.2 cm³/mol. The highest BCUT2D eigenvalue weighted by molar-refractivity contribution is 5.78. The van der Waals surface area contributed by atoms with Crippen molar-refractivity contribution in [1.82, 2.24) is 10.2 Å². The molecule has 0 saturated carbocycles. The Labute approximate surface area is 139 Å². The van der Waals surface area contributed by atoms with Crippen LogP contribution < -0.4 is 5.32 Å². The van der Waals surface area contributed by atoms with E-state index < -0.39 is 0 Å². The topological polar surface area (TPSA) is 32.3 Å². The van der Waals surface area contributed by atoms with Gasteiger partial charge in [0, 0.05) is 12.5 Å². The third kappa shape index (κ3) is 11.1. The molecular weight excluding hydrogens is 272 g/mol. The summed E-state index contributed by atoms with van der Waals surface area (Å²) in [4.78, 5) is 14.8. The number of hydrogen-bond acceptors (Lipinski definition) is 2. The first-order valence-corrected chi connectivity index (χ1v) is 9.69. The molecule has 1 N–H and O–H groups in total. The van der Waals surface area contributed by atoms with E-state index in [-0.39, 0.29) is 11.8 Å². The van der Waals surface area contributed by atoms with Crippen LogP contribution >= 0.6 is 0 Å². The summed E-state index contributed by atoms with van der Waals surface area (Å²) in [5.74, 6) is 0.503. The molecule has 0 radical (unpaired) electrons. The molecule has 0 bridgehead atoms. The van der Waals surface area contributed by atoms with Crippen LogP contribution in [0.5, 0.6) is 0 Å². The summed E-state index contributed by atoms with van der Waals surface area (Å²) in [6, 6.07) is 0. The van der Waals surface area contributed by atoms with Gasteiger partial charge in [0.15, 0.2) is 0 Å². The van der Waals surface area contributed by atoms with E-state index in [1.165, 1.54) is 38.8 Å². The minimum Gasteiger partial charge on any atom is -0.356 e. The Morgan fingerprint density at radius 1 is 0.818 bits per heavy atom. The Bertz CT molecular complexity index is 242. The van der Waals surface area contributed by atoms with Crippen LogP contribution in [0.25, 0.3) is 0 Å². The van der Waals surface area contributed by atoms with Crippen LogP contribution in [0.3, 0.4) is 0 Å². The van der Waals surface area contributed by atoms with Crippen LogP contribution in [-0.4, -0.2) is 37.0 Å². The van der Waals surface area contributed by atoms with Crippen molar-refractivity contribution in [3.05, 3.63) is 0 Å². The molecule has 0 heterocycles. The minimum atomic E-state index is 0.228. The highest BCUT2D eigenvalue weighted by Crippen LogP contribution is 2.13. The number of rotatable bonds is 15. The molecule has 0 spiro atoms. The second kappa shape index (κ2) is 15.3. The molecule has 0 aliphatic carbocycles. The Morgan fingerprint density at radius 2 is 1.32 bits per heavy atom. The zero-order valence-corrected chi connectivity index (χ0v) is 15.6. The van der Waals surface area contributed by atoms with Gasteiger partial charge >= 0.3 is 0 Å². The molecule has 0 atom stereocenters. The van der Waals surface area contributed by atoms with Gasteiger partial charge in [-0.15, -0.1) is 0 Å². The molecule has 0 fully saturated rings. The Morgan fingerprint density at radius 3 is 1.77 bits per heavy atom. The quantitative estimate of drug-likeness (QED) is 0.448. The van der Waals surface area contributed by atoms with E-state index in [9.17, 15) is 4.79 Å². The predicted octanol–water partition coefficient (Wildman–Crippen LogP) is 4.61. The Balaban J connectivity index is 3.95. The second-order valence-corrected chi connectivity index (χ2v) is 6.47. The van der Waals surface area contributed by atoms with Crippen molar-refractivity contribution in [2.24, 2.45) is 5.92 Å². The maximum Gasteiger partial charge on any atom is 0.223 e. The standard InChI is InChI=1S/C19H40N2O/c1-5-9-15-21(16-10-6-2)17-11-14-20-19(22)18(12-7-3)13-8-4/h18H,5-17H2,1-4H3,(H,20,22). The van der Waals surface area contributed by atoms with Gasteiger partial charge < -0.3 is 10.2 Å². The zero-order valence-electron chi connectivity index (χ0n) is 15.6. The molecule has 0 saturated heterocycles. The van der Waals surface area contributed by atoms with Gasteiger partial charge in [-0.1, -0.05) is 53.4 Å². The van der Waals surface area contributed by atoms with Gasteiger partial charge in [0.2, 0.25) is 5.91 Å². The first kappa shape index (κ1) is 21.4. The molecule has 0 aromatic rings. The van der Waals surface area contributed by atoms with Gasteiger partial charge in [0.05, 0.1) is 0 Å². The number of nitrogens with zero attached hydrogens (tertiary/aromatic N) is 1. The van der Waals surface area contributed by atoms with E-state index in [0.29, 0.717) is 0 Å². The monoisotopic (exact) mass is 312 g/mol. The first-order chi connectivity index (χ1) is 10.7. The fourth-order valence-electron chi connectivity index (χ4n) is 2.86. The van der Waals surface area contributed by atoms with Crippen molar-refractivity contribution >= 4 is 5.91 Å². The Hall–Kier alpha value is -0.570. The molecule has 132 valence electrons. The lowest BCUT2D eigenvalue weighted by atomic mass is 9.97. The van der Waals surface area contributed by atoms with Crippen molar-refractivity contribution in [2.75, 3.05) is 26.2 Å². The maximum atomic E-state index is 12.2. The molecule has 0 aromatic carbocycles. The van der Waals surface area contributed by atoms with Gasteiger partial charge in [-0.05, 0) is 51.7 Å². The number of amides is 1. The van der Waals surface area contributed by atoms with E-state index in [2.05, 4.69) is 37.9 Å². The number of carbonyl (C=O) groups excluding carboxylic acids is 1. The van der Waals surface area contributed by atoms with E-state index in [1.807, 2.05) is 0 Å². The summed E-state index contributed by atoms with van der Waals surface area (Å²) in [6.07, 6.45) is 10.4. The van der Waals surface area contributed by atoms with Crippen LogP contribution in [0.1, 0.15) is 85.5 Å². The fraction of sp³-hybridized carbons (Fsp3) is 0.947. The third-order valence-corrected chi connectivity index (χ3v) is 4.25. The number of nitrogens with one attached hydrogen (secondary N) is 1. The van der Waals surface area contributed by atoms with E-state index in [4.69, 9.17) is 0 Å². The summed E-state index contributed by atoms with van der Waals surface area (Å²) in [5.41, 5.74) is 0.